The lowest BCUT2D eigenvalue weighted by Crippen LogP contribution is -2.09. The monoisotopic (exact) mass is 762 g/mol. The van der Waals surface area contributed by atoms with Crippen molar-refractivity contribution >= 4 is 75.6 Å². The number of benzene rings is 7. The Balaban J connectivity index is 1.15. The molecular weight excluding hydrogens is 729 g/mol. The fourth-order valence-corrected chi connectivity index (χ4v) is 12.8. The van der Waals surface area contributed by atoms with Crippen LogP contribution in [0.2, 0.25) is 0 Å². The summed E-state index contributed by atoms with van der Waals surface area (Å²) in [5, 5.41) is 7.98. The van der Waals surface area contributed by atoms with E-state index in [4.69, 9.17) is 9.40 Å². The summed E-state index contributed by atoms with van der Waals surface area (Å²) >= 11 is 0. The number of furan rings is 1. The van der Waals surface area contributed by atoms with E-state index in [1.807, 2.05) is 24.5 Å². The minimum Gasteiger partial charge on any atom is -0.456 e. The average molecular weight is 763 g/mol. The zero-order valence-corrected chi connectivity index (χ0v) is 32.1. The Morgan fingerprint density at radius 2 is 1.02 bits per heavy atom. The molecule has 12 aromatic rings. The third kappa shape index (κ3) is 4.73. The van der Waals surface area contributed by atoms with Gasteiger partial charge in [-0.2, -0.15) is 0 Å². The third-order valence-corrected chi connectivity index (χ3v) is 15.3. The molecule has 12 rings (SSSR count). The molecule has 274 valence electrons. The number of hydrogen-bond acceptors (Lipinski definition) is 3. The third-order valence-electron chi connectivity index (χ3n) is 11.5. The van der Waals surface area contributed by atoms with E-state index in [1.54, 1.807) is 0 Å². The maximum atomic E-state index is 6.47. The molecule has 5 nitrogen and oxygen atoms in total. The first-order valence-corrected chi connectivity index (χ1v) is 21.1. The van der Waals surface area contributed by atoms with Crippen LogP contribution in [0.1, 0.15) is 0 Å². The van der Waals surface area contributed by atoms with E-state index in [0.29, 0.717) is 0 Å². The summed E-state index contributed by atoms with van der Waals surface area (Å²) in [7, 11) is -2.18. The van der Waals surface area contributed by atoms with E-state index in [1.165, 1.54) is 30.8 Å². The van der Waals surface area contributed by atoms with Gasteiger partial charge < -0.3 is 8.98 Å². The van der Waals surface area contributed by atoms with Gasteiger partial charge in [-0.15, -0.1) is 10.0 Å². The summed E-state index contributed by atoms with van der Waals surface area (Å²) in [6, 6.07) is 69.7. The second-order valence-corrected chi connectivity index (χ2v) is 17.7. The topological polar surface area (TPSA) is 48.8 Å². The molecule has 5 heterocycles. The molecule has 6 heteroatoms. The largest absolute Gasteiger partial charge is 0.456 e. The Bertz CT molecular complexity index is 3440. The summed E-state index contributed by atoms with van der Waals surface area (Å²) in [6.07, 6.45) is 3.82. The van der Waals surface area contributed by atoms with Crippen LogP contribution >= 0.6 is 10.0 Å². The molecule has 0 amide bonds. The Morgan fingerprint density at radius 3 is 1.79 bits per heavy atom. The number of rotatable bonds is 6. The number of para-hydroxylation sites is 3. The number of hydrogen-bond donors (Lipinski definition) is 0. The molecule has 0 bridgehead atoms. The highest BCUT2D eigenvalue weighted by Gasteiger charge is 2.35. The van der Waals surface area contributed by atoms with Crippen molar-refractivity contribution in [2.45, 2.75) is 19.7 Å². The molecule has 0 aliphatic carbocycles. The molecule has 5 aromatic heterocycles. The molecule has 0 aliphatic heterocycles. The summed E-state index contributed by atoms with van der Waals surface area (Å²) < 4.78 is 11.1. The van der Waals surface area contributed by atoms with Crippen LogP contribution in [-0.2, 0) is 0 Å². The lowest BCUT2D eigenvalue weighted by molar-refractivity contribution is 0.669. The van der Waals surface area contributed by atoms with Gasteiger partial charge >= 0.3 is 0 Å². The highest BCUT2D eigenvalue weighted by Crippen LogP contribution is 2.73. The van der Waals surface area contributed by atoms with Crippen molar-refractivity contribution in [3.05, 3.63) is 207 Å². The fourth-order valence-electron chi connectivity index (χ4n) is 9.06. The predicted octanol–water partition coefficient (Wildman–Crippen LogP) is 13.9. The average Bonchev–Trinajstić information content (AvgIpc) is 3.94. The van der Waals surface area contributed by atoms with Gasteiger partial charge in [0.1, 0.15) is 17.0 Å². The maximum absolute atomic E-state index is 6.47. The van der Waals surface area contributed by atoms with Crippen LogP contribution in [0.3, 0.4) is 0 Å². The Hall–Kier alpha value is -7.41. The second-order valence-electron chi connectivity index (χ2n) is 14.6. The number of pyridine rings is 2. The smallest absolute Gasteiger partial charge is 0.138 e. The molecule has 0 aliphatic rings. The van der Waals surface area contributed by atoms with Crippen LogP contribution < -0.4 is 0 Å². The maximum Gasteiger partial charge on any atom is 0.138 e. The fraction of sp³-hybridized carbons (Fsp3) is 0. The van der Waals surface area contributed by atoms with Gasteiger partial charge in [0.15, 0.2) is 0 Å². The first-order valence-electron chi connectivity index (χ1n) is 19.5. The van der Waals surface area contributed by atoms with E-state index in [9.17, 15) is 0 Å². The van der Waals surface area contributed by atoms with Gasteiger partial charge in [-0.3, -0.25) is 9.55 Å². The van der Waals surface area contributed by atoms with Crippen molar-refractivity contribution in [3.63, 3.8) is 0 Å². The van der Waals surface area contributed by atoms with Crippen LogP contribution in [0.25, 0.3) is 77.1 Å². The van der Waals surface area contributed by atoms with Gasteiger partial charge in [0.25, 0.3) is 0 Å². The van der Waals surface area contributed by atoms with Gasteiger partial charge in [0, 0.05) is 65.0 Å². The lowest BCUT2D eigenvalue weighted by Gasteiger charge is -2.41. The molecule has 7 aromatic carbocycles. The number of nitrogens with zero attached hydrogens (tertiary/aromatic N) is 4. The zero-order chi connectivity index (χ0) is 38.2. The van der Waals surface area contributed by atoms with Gasteiger partial charge in [-0.05, 0) is 84.9 Å². The van der Waals surface area contributed by atoms with Crippen molar-refractivity contribution in [2.24, 2.45) is 0 Å². The first kappa shape index (κ1) is 32.8. The van der Waals surface area contributed by atoms with Gasteiger partial charge in [-0.1, -0.05) is 103 Å². The SMILES string of the molecule is c1ccc(S(c2ccccc2)(c2cccc(-n3c4ccccc4c4cc5c(cc43)oc3ccccc35)c2)c2cccc(-n3c4ccccc4c4ccncc43)n2)cc1. The van der Waals surface area contributed by atoms with E-state index in [2.05, 4.69) is 196 Å². The lowest BCUT2D eigenvalue weighted by atomic mass is 10.1. The van der Waals surface area contributed by atoms with E-state index >= 15 is 0 Å². The van der Waals surface area contributed by atoms with Crippen LogP contribution in [0.15, 0.2) is 231 Å². The molecule has 0 atom stereocenters. The number of aromatic nitrogens is 4. The van der Waals surface area contributed by atoms with Crippen LogP contribution in [0.5, 0.6) is 0 Å². The molecule has 0 N–H and O–H groups in total. The van der Waals surface area contributed by atoms with Crippen LogP contribution in [0.4, 0.5) is 0 Å². The highest BCUT2D eigenvalue weighted by atomic mass is 32.3. The molecule has 0 saturated heterocycles. The van der Waals surface area contributed by atoms with Crippen LogP contribution in [0, 0.1) is 0 Å². The molecule has 0 fully saturated rings. The van der Waals surface area contributed by atoms with Crippen molar-refractivity contribution in [1.82, 2.24) is 19.1 Å². The van der Waals surface area contributed by atoms with E-state index in [0.717, 1.165) is 65.9 Å². The molecule has 0 unspecified atom stereocenters. The van der Waals surface area contributed by atoms with E-state index < -0.39 is 10.0 Å². The minimum absolute atomic E-state index is 0.855. The minimum atomic E-state index is -2.18. The Kier molecular flexibility index (Phi) is 7.25. The second kappa shape index (κ2) is 12.8. The van der Waals surface area contributed by atoms with Crippen molar-refractivity contribution < 1.29 is 4.42 Å². The summed E-state index contributed by atoms with van der Waals surface area (Å²) in [4.78, 5) is 13.9. The van der Waals surface area contributed by atoms with Crippen molar-refractivity contribution in [3.8, 4) is 11.5 Å². The summed E-state index contributed by atoms with van der Waals surface area (Å²) in [5.41, 5.74) is 7.23. The molecule has 58 heavy (non-hydrogen) atoms. The van der Waals surface area contributed by atoms with Gasteiger partial charge in [0.2, 0.25) is 0 Å². The molecule has 0 spiro atoms. The van der Waals surface area contributed by atoms with E-state index in [-0.39, 0.29) is 0 Å². The van der Waals surface area contributed by atoms with Crippen molar-refractivity contribution in [2.75, 3.05) is 0 Å². The number of fused-ring (bicyclic) bond motifs is 9. The quantitative estimate of drug-likeness (QED) is 0.169. The Morgan fingerprint density at radius 1 is 0.397 bits per heavy atom. The predicted molar refractivity (Wildman–Crippen MR) is 238 cm³/mol. The Labute approximate surface area is 335 Å². The molecular formula is C52H34N4OS. The first-order chi connectivity index (χ1) is 28.8. The summed E-state index contributed by atoms with van der Waals surface area (Å²) in [5.74, 6) is 0.855. The summed E-state index contributed by atoms with van der Waals surface area (Å²) in [6.45, 7) is 0. The van der Waals surface area contributed by atoms with Crippen LogP contribution in [-0.4, -0.2) is 19.1 Å². The molecule has 0 saturated carbocycles. The zero-order valence-electron chi connectivity index (χ0n) is 31.2. The highest BCUT2D eigenvalue weighted by molar-refractivity contribution is 8.33. The normalized spacial score (nSPS) is 12.4. The van der Waals surface area contributed by atoms with Gasteiger partial charge in [0.05, 0.1) is 33.3 Å². The standard InChI is InChI=1S/C52H34N4OS/c1-3-16-36(17-4-1)58(37-18-5-2-6-19-37,52-28-14-27-51(54-52)56-46-25-11-7-21-39(46)41-29-30-53-34-48(41)56)38-20-13-15-35(31-38)55-45-24-10-8-22-40(45)43-32-44-42-23-9-12-26-49(42)57-50(44)33-47(43)55/h1-34H. The molecule has 0 radical (unpaired) electrons. The van der Waals surface area contributed by atoms with Crippen molar-refractivity contribution in [1.29, 1.82) is 0 Å². The van der Waals surface area contributed by atoms with Gasteiger partial charge in [-0.25, -0.2) is 4.98 Å².